The molecule has 1 fully saturated rings. The maximum Gasteiger partial charge on any atom is 0.416 e. The minimum absolute atomic E-state index is 0.0143. The fraction of sp³-hybridized carbons (Fsp3) is 0.367. The Balaban J connectivity index is 1.52. The second-order valence-electron chi connectivity index (χ2n) is 9.77. The van der Waals surface area contributed by atoms with Crippen LogP contribution in [0.3, 0.4) is 0 Å². The van der Waals surface area contributed by atoms with Crippen molar-refractivity contribution in [1.82, 2.24) is 5.32 Å². The Morgan fingerprint density at radius 1 is 1.00 bits per heavy atom. The fourth-order valence-electron chi connectivity index (χ4n) is 4.98. The van der Waals surface area contributed by atoms with Crippen LogP contribution in [0.2, 0.25) is 0 Å². The number of rotatable bonds is 10. The predicted octanol–water partition coefficient (Wildman–Crippen LogP) is 5.83. The molecule has 1 amide bonds. The zero-order valence-electron chi connectivity index (χ0n) is 22.4. The van der Waals surface area contributed by atoms with Gasteiger partial charge in [-0.05, 0) is 60.9 Å². The minimum atomic E-state index is -4.39. The highest BCUT2D eigenvalue weighted by molar-refractivity contribution is 7.91. The summed E-state index contributed by atoms with van der Waals surface area (Å²) in [6, 6.07) is 18.9. The quantitative estimate of drug-likeness (QED) is 0.330. The van der Waals surface area contributed by atoms with E-state index in [0.29, 0.717) is 31.7 Å². The molecule has 1 heterocycles. The average molecular weight is 575 g/mol. The van der Waals surface area contributed by atoms with E-state index in [0.717, 1.165) is 28.9 Å². The molecule has 40 heavy (non-hydrogen) atoms. The van der Waals surface area contributed by atoms with Gasteiger partial charge in [0.2, 0.25) is 0 Å². The van der Waals surface area contributed by atoms with Crippen LogP contribution in [0.1, 0.15) is 53.2 Å². The SMILES string of the molecule is CCOC[C@@H]1CC(c2ccc(C(F)(F)F)cc2)CN1c1ccccc1C(=O)NCc1ccc(S(=O)(=O)CC)cc1. The van der Waals surface area contributed by atoms with Crippen LogP contribution in [0.4, 0.5) is 18.9 Å². The van der Waals surface area contributed by atoms with E-state index in [4.69, 9.17) is 4.74 Å². The van der Waals surface area contributed by atoms with Gasteiger partial charge in [-0.25, -0.2) is 8.42 Å². The van der Waals surface area contributed by atoms with Crippen LogP contribution in [0.25, 0.3) is 0 Å². The van der Waals surface area contributed by atoms with Gasteiger partial charge < -0.3 is 15.0 Å². The number of sulfone groups is 1. The number of nitrogens with zero attached hydrogens (tertiary/aromatic N) is 1. The summed E-state index contributed by atoms with van der Waals surface area (Å²) in [6.07, 6.45) is -3.71. The number of anilines is 1. The van der Waals surface area contributed by atoms with Gasteiger partial charge in [0.1, 0.15) is 0 Å². The van der Waals surface area contributed by atoms with Gasteiger partial charge in [0.05, 0.1) is 34.4 Å². The van der Waals surface area contributed by atoms with Crippen molar-refractivity contribution in [3.63, 3.8) is 0 Å². The molecule has 1 aliphatic heterocycles. The molecular weight excluding hydrogens is 541 g/mol. The summed E-state index contributed by atoms with van der Waals surface area (Å²) in [5.74, 6) is -0.295. The van der Waals surface area contributed by atoms with Crippen molar-refractivity contribution in [2.45, 2.75) is 49.8 Å². The highest BCUT2D eigenvalue weighted by Crippen LogP contribution is 2.38. The number of alkyl halides is 3. The summed E-state index contributed by atoms with van der Waals surface area (Å²) in [5.41, 5.74) is 2.09. The van der Waals surface area contributed by atoms with Crippen molar-refractivity contribution in [3.8, 4) is 0 Å². The van der Waals surface area contributed by atoms with E-state index in [1.165, 1.54) is 24.3 Å². The van der Waals surface area contributed by atoms with Gasteiger partial charge in [-0.15, -0.1) is 0 Å². The number of halogens is 3. The molecule has 3 aromatic rings. The first kappa shape index (κ1) is 29.6. The lowest BCUT2D eigenvalue weighted by Crippen LogP contribution is -2.35. The molecule has 0 aromatic heterocycles. The first-order valence-corrected chi connectivity index (χ1v) is 14.9. The minimum Gasteiger partial charge on any atom is -0.380 e. The van der Waals surface area contributed by atoms with E-state index in [2.05, 4.69) is 10.2 Å². The number of ether oxygens (including phenoxy) is 1. The monoisotopic (exact) mass is 574 g/mol. The number of carbonyl (C=O) groups excluding carboxylic acids is 1. The largest absolute Gasteiger partial charge is 0.416 e. The number of nitrogens with one attached hydrogen (secondary N) is 1. The van der Waals surface area contributed by atoms with Gasteiger partial charge in [0.25, 0.3) is 5.91 Å². The third kappa shape index (κ3) is 6.85. The molecule has 0 radical (unpaired) electrons. The van der Waals surface area contributed by atoms with Crippen LogP contribution >= 0.6 is 0 Å². The topological polar surface area (TPSA) is 75.7 Å². The van der Waals surface area contributed by atoms with E-state index >= 15 is 0 Å². The van der Waals surface area contributed by atoms with Crippen molar-refractivity contribution >= 4 is 21.4 Å². The molecule has 10 heteroatoms. The highest BCUT2D eigenvalue weighted by atomic mass is 32.2. The van der Waals surface area contributed by atoms with E-state index < -0.39 is 21.6 Å². The summed E-state index contributed by atoms with van der Waals surface area (Å²) < 4.78 is 69.0. The summed E-state index contributed by atoms with van der Waals surface area (Å²) in [7, 11) is -3.30. The van der Waals surface area contributed by atoms with Crippen molar-refractivity contribution in [3.05, 3.63) is 95.1 Å². The Bertz CT molecular complexity index is 1410. The van der Waals surface area contributed by atoms with Gasteiger partial charge in [0.15, 0.2) is 9.84 Å². The van der Waals surface area contributed by atoms with Gasteiger partial charge in [-0.2, -0.15) is 13.2 Å². The molecule has 6 nitrogen and oxygen atoms in total. The van der Waals surface area contributed by atoms with E-state index in [-0.39, 0.29) is 35.1 Å². The van der Waals surface area contributed by atoms with Crippen LogP contribution in [0.5, 0.6) is 0 Å². The molecule has 0 bridgehead atoms. The van der Waals surface area contributed by atoms with E-state index in [1.807, 2.05) is 19.1 Å². The average Bonchev–Trinajstić information content (AvgIpc) is 3.38. The van der Waals surface area contributed by atoms with Crippen LogP contribution < -0.4 is 10.2 Å². The van der Waals surface area contributed by atoms with E-state index in [1.54, 1.807) is 31.2 Å². The molecule has 3 aromatic carbocycles. The van der Waals surface area contributed by atoms with Crippen LogP contribution in [-0.2, 0) is 27.3 Å². The van der Waals surface area contributed by atoms with Crippen LogP contribution in [0, 0.1) is 0 Å². The van der Waals surface area contributed by atoms with Crippen molar-refractivity contribution < 1.29 is 31.1 Å². The van der Waals surface area contributed by atoms with Crippen LogP contribution in [0.15, 0.2) is 77.7 Å². The number of para-hydroxylation sites is 1. The molecule has 4 rings (SSSR count). The maximum absolute atomic E-state index is 13.3. The zero-order valence-corrected chi connectivity index (χ0v) is 23.3. The summed E-state index contributed by atoms with van der Waals surface area (Å²) in [4.78, 5) is 15.7. The standard InChI is InChI=1S/C30H33F3N2O4S/c1-3-39-20-25-17-23(22-11-13-24(14-12-22)30(31,32)33)19-35(25)28-8-6-5-7-27(28)29(36)34-18-21-9-15-26(16-10-21)40(37,38)4-2/h5-16,23,25H,3-4,17-20H2,1-2H3,(H,34,36)/t23?,25-/m0/s1. The zero-order chi connectivity index (χ0) is 28.9. The molecule has 0 aliphatic carbocycles. The van der Waals surface area contributed by atoms with Crippen molar-refractivity contribution in [1.29, 1.82) is 0 Å². The molecule has 1 saturated heterocycles. The lowest BCUT2D eigenvalue weighted by molar-refractivity contribution is -0.137. The first-order valence-electron chi connectivity index (χ1n) is 13.2. The second kappa shape index (κ2) is 12.4. The Labute approximate surface area is 233 Å². The van der Waals surface area contributed by atoms with Gasteiger partial charge >= 0.3 is 6.18 Å². The normalized spacial score (nSPS) is 17.7. The second-order valence-corrected chi connectivity index (χ2v) is 12.0. The Kier molecular flexibility index (Phi) is 9.20. The Hall–Kier alpha value is -3.37. The third-order valence-corrected chi connectivity index (χ3v) is 8.96. The lowest BCUT2D eigenvalue weighted by atomic mass is 9.95. The summed E-state index contributed by atoms with van der Waals surface area (Å²) >= 11 is 0. The molecule has 214 valence electrons. The summed E-state index contributed by atoms with van der Waals surface area (Å²) in [6.45, 7) is 5.19. The van der Waals surface area contributed by atoms with Gasteiger partial charge in [-0.3, -0.25) is 4.79 Å². The molecule has 1 unspecified atom stereocenters. The molecule has 1 aliphatic rings. The number of amides is 1. The Morgan fingerprint density at radius 2 is 1.68 bits per heavy atom. The Morgan fingerprint density at radius 3 is 2.30 bits per heavy atom. The molecular formula is C30H33F3N2O4S. The number of hydrogen-bond donors (Lipinski definition) is 1. The predicted molar refractivity (Wildman–Crippen MR) is 148 cm³/mol. The van der Waals surface area contributed by atoms with Crippen molar-refractivity contribution in [2.24, 2.45) is 0 Å². The molecule has 2 atom stereocenters. The summed E-state index contributed by atoms with van der Waals surface area (Å²) in [5, 5.41) is 2.92. The fourth-order valence-corrected chi connectivity index (χ4v) is 5.87. The van der Waals surface area contributed by atoms with Crippen molar-refractivity contribution in [2.75, 3.05) is 30.4 Å². The lowest BCUT2D eigenvalue weighted by Gasteiger charge is -2.28. The highest BCUT2D eigenvalue weighted by Gasteiger charge is 2.36. The smallest absolute Gasteiger partial charge is 0.380 e. The molecule has 0 spiro atoms. The third-order valence-electron chi connectivity index (χ3n) is 7.21. The molecule has 0 saturated carbocycles. The van der Waals surface area contributed by atoms with E-state index in [9.17, 15) is 26.4 Å². The van der Waals surface area contributed by atoms with Gasteiger partial charge in [0, 0.05) is 31.3 Å². The molecule has 1 N–H and O–H groups in total. The maximum atomic E-state index is 13.3. The number of carbonyl (C=O) groups is 1. The van der Waals surface area contributed by atoms with Gasteiger partial charge in [-0.1, -0.05) is 43.3 Å². The first-order chi connectivity index (χ1) is 19.0. The number of benzene rings is 3. The number of hydrogen-bond acceptors (Lipinski definition) is 5. The van der Waals surface area contributed by atoms with Crippen LogP contribution in [-0.4, -0.2) is 45.9 Å².